The summed E-state index contributed by atoms with van der Waals surface area (Å²) in [6.45, 7) is 6.05. The van der Waals surface area contributed by atoms with Crippen LogP contribution in [0.3, 0.4) is 0 Å². The van der Waals surface area contributed by atoms with Crippen molar-refractivity contribution in [2.24, 2.45) is 0 Å². The Morgan fingerprint density at radius 2 is 1.72 bits per heavy atom. The maximum atomic E-state index is 13.5. The summed E-state index contributed by atoms with van der Waals surface area (Å²) in [7, 11) is 1.57. The Hall–Kier alpha value is -3.93. The number of hydrogen-bond donors (Lipinski definition) is 1. The van der Waals surface area contributed by atoms with Gasteiger partial charge in [-0.3, -0.25) is 19.5 Å². The van der Waals surface area contributed by atoms with Gasteiger partial charge in [-0.15, -0.1) is 0 Å². The molecular weight excluding hydrogens is 402 g/mol. The molecule has 162 valence electrons. The van der Waals surface area contributed by atoms with Crippen LogP contribution in [-0.2, 0) is 16.1 Å². The van der Waals surface area contributed by atoms with Crippen molar-refractivity contribution in [1.82, 2.24) is 9.88 Å². The number of aromatic nitrogens is 1. The average molecular weight is 428 g/mol. The van der Waals surface area contributed by atoms with E-state index in [9.17, 15) is 9.59 Å². The van der Waals surface area contributed by atoms with E-state index in [0.29, 0.717) is 17.0 Å². The molecule has 0 unspecified atom stereocenters. The molecule has 0 saturated heterocycles. The van der Waals surface area contributed by atoms with Crippen LogP contribution in [0.2, 0.25) is 0 Å². The number of anilines is 1. The number of nitrogens with zero attached hydrogens (tertiary/aromatic N) is 2. The topological polar surface area (TPSA) is 71.5 Å². The number of carbonyl (C=O) groups is 2. The monoisotopic (exact) mass is 427 g/mol. The van der Waals surface area contributed by atoms with Crippen LogP contribution in [0.1, 0.15) is 27.8 Å². The van der Waals surface area contributed by atoms with Crippen molar-refractivity contribution in [3.05, 3.63) is 94.4 Å². The van der Waals surface area contributed by atoms with E-state index in [4.69, 9.17) is 4.74 Å². The van der Waals surface area contributed by atoms with Crippen LogP contribution >= 0.6 is 0 Å². The number of rotatable bonds is 6. The maximum Gasteiger partial charge on any atom is 0.278 e. The first-order valence-corrected chi connectivity index (χ1v) is 10.4. The lowest BCUT2D eigenvalue weighted by molar-refractivity contribution is -0.137. The normalized spacial score (nSPS) is 13.7. The van der Waals surface area contributed by atoms with E-state index in [1.54, 1.807) is 25.6 Å². The van der Waals surface area contributed by atoms with Gasteiger partial charge in [-0.1, -0.05) is 35.9 Å². The number of pyridine rings is 1. The lowest BCUT2D eigenvalue weighted by atomic mass is 9.97. The minimum Gasteiger partial charge on any atom is -0.495 e. The summed E-state index contributed by atoms with van der Waals surface area (Å²) in [5, 5.41) is 3.21. The number of aryl methyl sites for hydroxylation is 3. The highest BCUT2D eigenvalue weighted by molar-refractivity contribution is 6.36. The Bertz CT molecular complexity index is 1230. The average Bonchev–Trinajstić information content (AvgIpc) is 2.99. The summed E-state index contributed by atoms with van der Waals surface area (Å²) in [4.78, 5) is 32.4. The molecule has 6 nitrogen and oxygen atoms in total. The number of nitrogens with one attached hydrogen (secondary N) is 1. The second kappa shape index (κ2) is 8.67. The van der Waals surface area contributed by atoms with Crippen molar-refractivity contribution in [2.75, 3.05) is 12.4 Å². The molecule has 1 aliphatic rings. The van der Waals surface area contributed by atoms with Gasteiger partial charge in [-0.05, 0) is 61.2 Å². The fourth-order valence-electron chi connectivity index (χ4n) is 3.91. The number of ether oxygens (including phenoxy) is 1. The molecule has 2 amide bonds. The van der Waals surface area contributed by atoms with E-state index in [0.717, 1.165) is 27.8 Å². The van der Waals surface area contributed by atoms with Crippen LogP contribution in [0, 0.1) is 20.8 Å². The number of benzene rings is 2. The van der Waals surface area contributed by atoms with Crippen LogP contribution in [0.4, 0.5) is 5.69 Å². The minimum atomic E-state index is -0.377. The van der Waals surface area contributed by atoms with Gasteiger partial charge in [0.25, 0.3) is 11.8 Å². The highest BCUT2D eigenvalue weighted by Gasteiger charge is 2.40. The van der Waals surface area contributed by atoms with Gasteiger partial charge in [0.1, 0.15) is 11.4 Å². The van der Waals surface area contributed by atoms with E-state index in [-0.39, 0.29) is 24.1 Å². The SMILES string of the molecule is COc1ccc(C)cc1NC1=C(c2ccc(C)cc2C)C(=O)N(Cc2cccnc2)C1=O. The van der Waals surface area contributed by atoms with E-state index in [2.05, 4.69) is 10.3 Å². The molecule has 0 radical (unpaired) electrons. The number of carbonyl (C=O) groups excluding carboxylic acids is 2. The Balaban J connectivity index is 1.82. The Morgan fingerprint density at radius 1 is 0.969 bits per heavy atom. The van der Waals surface area contributed by atoms with Gasteiger partial charge in [0.2, 0.25) is 0 Å². The molecule has 1 aromatic heterocycles. The summed E-state index contributed by atoms with van der Waals surface area (Å²) >= 11 is 0. The first kappa shape index (κ1) is 21.3. The molecule has 3 aromatic rings. The van der Waals surface area contributed by atoms with Crippen molar-refractivity contribution in [1.29, 1.82) is 0 Å². The lowest BCUT2D eigenvalue weighted by Crippen LogP contribution is -2.32. The van der Waals surface area contributed by atoms with E-state index >= 15 is 0 Å². The smallest absolute Gasteiger partial charge is 0.278 e. The van der Waals surface area contributed by atoms with Gasteiger partial charge in [0.05, 0.1) is 24.9 Å². The molecule has 0 aliphatic carbocycles. The third kappa shape index (κ3) is 3.99. The van der Waals surface area contributed by atoms with E-state index in [1.807, 2.05) is 63.2 Å². The highest BCUT2D eigenvalue weighted by atomic mass is 16.5. The number of methoxy groups -OCH3 is 1. The van der Waals surface area contributed by atoms with E-state index < -0.39 is 0 Å². The Kier molecular flexibility index (Phi) is 5.77. The predicted molar refractivity (Wildman–Crippen MR) is 124 cm³/mol. The molecule has 0 atom stereocenters. The zero-order valence-electron chi connectivity index (χ0n) is 18.6. The van der Waals surface area contributed by atoms with Crippen LogP contribution in [0.5, 0.6) is 5.75 Å². The molecule has 32 heavy (non-hydrogen) atoms. The number of amides is 2. The Labute approximate surface area is 187 Å². The summed E-state index contributed by atoms with van der Waals surface area (Å²) in [6.07, 6.45) is 3.32. The van der Waals surface area contributed by atoms with Crippen molar-refractivity contribution < 1.29 is 14.3 Å². The number of imide groups is 1. The van der Waals surface area contributed by atoms with Gasteiger partial charge < -0.3 is 10.1 Å². The van der Waals surface area contributed by atoms with Crippen LogP contribution in [-0.4, -0.2) is 28.8 Å². The maximum absolute atomic E-state index is 13.5. The van der Waals surface area contributed by atoms with Crippen molar-refractivity contribution in [2.45, 2.75) is 27.3 Å². The largest absolute Gasteiger partial charge is 0.495 e. The quantitative estimate of drug-likeness (QED) is 0.590. The van der Waals surface area contributed by atoms with Gasteiger partial charge in [-0.2, -0.15) is 0 Å². The van der Waals surface area contributed by atoms with Crippen LogP contribution in [0.25, 0.3) is 5.57 Å². The molecule has 1 N–H and O–H groups in total. The first-order valence-electron chi connectivity index (χ1n) is 10.4. The van der Waals surface area contributed by atoms with Crippen molar-refractivity contribution in [3.8, 4) is 5.75 Å². The fourth-order valence-corrected chi connectivity index (χ4v) is 3.91. The van der Waals surface area contributed by atoms with Crippen LogP contribution < -0.4 is 10.1 Å². The van der Waals surface area contributed by atoms with Gasteiger partial charge >= 0.3 is 0 Å². The molecule has 6 heteroatoms. The second-order valence-corrected chi connectivity index (χ2v) is 7.95. The second-order valence-electron chi connectivity index (χ2n) is 7.95. The van der Waals surface area contributed by atoms with Gasteiger partial charge in [0, 0.05) is 12.4 Å². The summed E-state index contributed by atoms with van der Waals surface area (Å²) < 4.78 is 5.47. The summed E-state index contributed by atoms with van der Waals surface area (Å²) in [5.74, 6) is -0.119. The zero-order valence-corrected chi connectivity index (χ0v) is 18.6. The molecule has 0 saturated carbocycles. The third-order valence-electron chi connectivity index (χ3n) is 5.50. The molecule has 1 aliphatic heterocycles. The predicted octanol–water partition coefficient (Wildman–Crippen LogP) is 4.41. The van der Waals surface area contributed by atoms with E-state index in [1.165, 1.54) is 4.90 Å². The molecule has 2 heterocycles. The molecular formula is C26H25N3O3. The number of hydrogen-bond acceptors (Lipinski definition) is 5. The minimum absolute atomic E-state index is 0.149. The summed E-state index contributed by atoms with van der Waals surface area (Å²) in [5.41, 5.74) is 5.78. The molecule has 0 bridgehead atoms. The Morgan fingerprint density at radius 3 is 2.41 bits per heavy atom. The van der Waals surface area contributed by atoms with Gasteiger partial charge in [0.15, 0.2) is 0 Å². The molecule has 0 fully saturated rings. The highest BCUT2D eigenvalue weighted by Crippen LogP contribution is 2.35. The van der Waals surface area contributed by atoms with Gasteiger partial charge in [-0.25, -0.2) is 0 Å². The third-order valence-corrected chi connectivity index (χ3v) is 5.50. The first-order chi connectivity index (χ1) is 15.4. The lowest BCUT2D eigenvalue weighted by Gasteiger charge is -2.16. The standard InChI is InChI=1S/C26H25N3O3/c1-16-7-9-20(18(3)12-16)23-24(28-21-13-17(2)8-10-22(21)32-4)26(31)29(25(23)30)15-19-6-5-11-27-14-19/h5-14,28H,15H2,1-4H3. The summed E-state index contributed by atoms with van der Waals surface area (Å²) in [6, 6.07) is 15.1. The molecule has 2 aromatic carbocycles. The fraction of sp³-hybridized carbons (Fsp3) is 0.192. The zero-order chi connectivity index (χ0) is 22.8. The van der Waals surface area contributed by atoms with Crippen LogP contribution in [0.15, 0.2) is 66.6 Å². The van der Waals surface area contributed by atoms with Crippen molar-refractivity contribution >= 4 is 23.1 Å². The van der Waals surface area contributed by atoms with Crippen molar-refractivity contribution in [3.63, 3.8) is 0 Å². The molecule has 0 spiro atoms. The molecule has 4 rings (SSSR count).